The number of thiocarbonyl (C=S) groups is 1. The van der Waals surface area contributed by atoms with E-state index in [0.717, 1.165) is 12.1 Å². The Hall–Kier alpha value is -2.91. The topological polar surface area (TPSA) is 67.2 Å². The predicted molar refractivity (Wildman–Crippen MR) is 107 cm³/mol. The first kappa shape index (κ1) is 20.8. The molecule has 0 bridgehead atoms. The number of aromatic nitrogens is 1. The van der Waals surface area contributed by atoms with Gasteiger partial charge in [-0.05, 0) is 43.4 Å². The second-order valence-electron chi connectivity index (χ2n) is 5.93. The summed E-state index contributed by atoms with van der Waals surface area (Å²) in [6.07, 6.45) is -4.49. The molecule has 29 heavy (non-hydrogen) atoms. The van der Waals surface area contributed by atoms with Gasteiger partial charge >= 0.3 is 6.18 Å². The second kappa shape index (κ2) is 8.22. The third-order valence-electron chi connectivity index (χ3n) is 3.89. The molecular formula is C19H13ClF3N3O2S. The predicted octanol–water partition coefficient (Wildman–Crippen LogP) is 5.45. The first-order valence-electron chi connectivity index (χ1n) is 8.17. The van der Waals surface area contributed by atoms with E-state index in [9.17, 15) is 18.0 Å². The number of nitrogens with one attached hydrogen (secondary N) is 2. The number of rotatable bonds is 3. The number of nitrogens with zero attached hydrogens (tertiary/aromatic N) is 1. The molecule has 0 aliphatic carbocycles. The third kappa shape index (κ3) is 4.75. The van der Waals surface area contributed by atoms with E-state index in [0.29, 0.717) is 10.6 Å². The van der Waals surface area contributed by atoms with Crippen molar-refractivity contribution in [3.05, 3.63) is 70.4 Å². The third-order valence-corrected chi connectivity index (χ3v) is 4.43. The lowest BCUT2D eigenvalue weighted by atomic mass is 10.1. The number of halogens is 4. The van der Waals surface area contributed by atoms with Gasteiger partial charge in [0, 0.05) is 11.3 Å². The number of carbonyl (C=O) groups excluding carboxylic acids is 1. The van der Waals surface area contributed by atoms with Crippen LogP contribution in [0, 0.1) is 6.92 Å². The summed E-state index contributed by atoms with van der Waals surface area (Å²) in [5.74, 6) is -0.401. The van der Waals surface area contributed by atoms with Crippen LogP contribution in [0.4, 0.5) is 18.9 Å². The van der Waals surface area contributed by atoms with Gasteiger partial charge in [0.25, 0.3) is 5.91 Å². The summed E-state index contributed by atoms with van der Waals surface area (Å²) in [4.78, 5) is 12.7. The highest BCUT2D eigenvalue weighted by atomic mass is 35.5. The Bertz CT molecular complexity index is 1080. The van der Waals surface area contributed by atoms with Crippen LogP contribution in [0.2, 0.25) is 5.02 Å². The Morgan fingerprint density at radius 2 is 1.90 bits per heavy atom. The summed E-state index contributed by atoms with van der Waals surface area (Å²) < 4.78 is 43.6. The number of anilines is 1. The van der Waals surface area contributed by atoms with Gasteiger partial charge in [-0.3, -0.25) is 10.1 Å². The van der Waals surface area contributed by atoms with Crippen LogP contribution >= 0.6 is 23.8 Å². The highest BCUT2D eigenvalue weighted by Crippen LogP contribution is 2.32. The zero-order valence-electron chi connectivity index (χ0n) is 14.8. The molecule has 0 radical (unpaired) electrons. The lowest BCUT2D eigenvalue weighted by Crippen LogP contribution is -2.34. The average Bonchev–Trinajstić information content (AvgIpc) is 3.03. The monoisotopic (exact) mass is 439 g/mol. The summed E-state index contributed by atoms with van der Waals surface area (Å²) in [6.45, 7) is 1.55. The fourth-order valence-electron chi connectivity index (χ4n) is 2.58. The molecule has 0 saturated carbocycles. The molecule has 0 spiro atoms. The number of aryl methyl sites for hydroxylation is 1. The normalized spacial score (nSPS) is 11.2. The number of carbonyl (C=O) groups is 1. The zero-order chi connectivity index (χ0) is 21.2. The van der Waals surface area contributed by atoms with Crippen LogP contribution in [-0.2, 0) is 6.18 Å². The van der Waals surface area contributed by atoms with Crippen LogP contribution in [0.15, 0.2) is 53.1 Å². The van der Waals surface area contributed by atoms with Crippen LogP contribution < -0.4 is 10.6 Å². The van der Waals surface area contributed by atoms with Gasteiger partial charge in [0.1, 0.15) is 17.0 Å². The van der Waals surface area contributed by atoms with E-state index in [4.69, 9.17) is 28.3 Å². The minimum atomic E-state index is -4.49. The molecule has 3 aromatic rings. The fourth-order valence-corrected chi connectivity index (χ4v) is 3.01. The molecule has 2 N–H and O–H groups in total. The Labute approximate surface area is 173 Å². The van der Waals surface area contributed by atoms with Crippen LogP contribution in [0.1, 0.15) is 21.7 Å². The molecule has 0 atom stereocenters. The Kier molecular flexibility index (Phi) is 5.90. The van der Waals surface area contributed by atoms with Crippen molar-refractivity contribution in [2.45, 2.75) is 13.1 Å². The van der Waals surface area contributed by atoms with Gasteiger partial charge < -0.3 is 9.84 Å². The molecule has 1 heterocycles. The number of alkyl halides is 3. The summed E-state index contributed by atoms with van der Waals surface area (Å²) >= 11 is 11.2. The number of hydrogen-bond acceptors (Lipinski definition) is 4. The molecule has 150 valence electrons. The number of hydrogen-bond donors (Lipinski definition) is 2. The molecule has 3 rings (SSSR count). The van der Waals surface area contributed by atoms with E-state index in [1.54, 1.807) is 31.2 Å². The molecule has 0 saturated heterocycles. The highest BCUT2D eigenvalue weighted by Gasteiger charge is 2.30. The number of benzene rings is 2. The van der Waals surface area contributed by atoms with Gasteiger partial charge in [0.05, 0.1) is 10.6 Å². The fraction of sp³-hybridized carbons (Fsp3) is 0.105. The zero-order valence-corrected chi connectivity index (χ0v) is 16.4. The smallest absolute Gasteiger partial charge is 0.360 e. The SMILES string of the molecule is Cc1onc(-c2ccccc2Cl)c1C(=O)NC(=S)Nc1cccc(C(F)(F)F)c1. The van der Waals surface area contributed by atoms with E-state index in [1.165, 1.54) is 12.1 Å². The lowest BCUT2D eigenvalue weighted by Gasteiger charge is -2.12. The molecule has 1 amide bonds. The molecular weight excluding hydrogens is 427 g/mol. The molecule has 0 unspecified atom stereocenters. The molecule has 0 aliphatic heterocycles. The van der Waals surface area contributed by atoms with Gasteiger partial charge in [-0.2, -0.15) is 13.2 Å². The van der Waals surface area contributed by atoms with Gasteiger partial charge in [0.15, 0.2) is 5.11 Å². The highest BCUT2D eigenvalue weighted by molar-refractivity contribution is 7.80. The van der Waals surface area contributed by atoms with Gasteiger partial charge in [-0.1, -0.05) is 41.0 Å². The Balaban J connectivity index is 1.79. The summed E-state index contributed by atoms with van der Waals surface area (Å²) in [5.41, 5.74) is 0.0812. The minimum absolute atomic E-state index is 0.0819. The van der Waals surface area contributed by atoms with Crippen LogP contribution in [-0.4, -0.2) is 16.2 Å². The first-order valence-corrected chi connectivity index (χ1v) is 8.96. The van der Waals surface area contributed by atoms with Crippen molar-refractivity contribution in [1.29, 1.82) is 0 Å². The van der Waals surface area contributed by atoms with Gasteiger partial charge in [-0.15, -0.1) is 0 Å². The van der Waals surface area contributed by atoms with Crippen molar-refractivity contribution in [3.8, 4) is 11.3 Å². The van der Waals surface area contributed by atoms with Gasteiger partial charge in [-0.25, -0.2) is 0 Å². The standard InChI is InChI=1S/C19H13ClF3N3O2S/c1-10-15(16(26-28-10)13-7-2-3-8-14(13)20)17(27)25-18(29)24-12-6-4-5-11(9-12)19(21,22)23/h2-9H,1H3,(H2,24,25,27,29). The van der Waals surface area contributed by atoms with Crippen LogP contribution in [0.5, 0.6) is 0 Å². The molecule has 1 aromatic heterocycles. The summed E-state index contributed by atoms with van der Waals surface area (Å²) in [7, 11) is 0. The maximum Gasteiger partial charge on any atom is 0.416 e. The van der Waals surface area contributed by atoms with Crippen molar-refractivity contribution in [2.24, 2.45) is 0 Å². The van der Waals surface area contributed by atoms with Crippen molar-refractivity contribution < 1.29 is 22.5 Å². The Morgan fingerprint density at radius 3 is 2.59 bits per heavy atom. The number of amides is 1. The van der Waals surface area contributed by atoms with E-state index in [-0.39, 0.29) is 27.8 Å². The lowest BCUT2D eigenvalue weighted by molar-refractivity contribution is -0.137. The quantitative estimate of drug-likeness (QED) is 0.531. The van der Waals surface area contributed by atoms with Crippen molar-refractivity contribution in [2.75, 3.05) is 5.32 Å². The molecule has 10 heteroatoms. The van der Waals surface area contributed by atoms with Crippen molar-refractivity contribution in [1.82, 2.24) is 10.5 Å². The maximum atomic E-state index is 12.8. The van der Waals surface area contributed by atoms with E-state index in [1.807, 2.05) is 0 Å². The van der Waals surface area contributed by atoms with Crippen molar-refractivity contribution >= 4 is 40.5 Å². The van der Waals surface area contributed by atoms with Crippen LogP contribution in [0.25, 0.3) is 11.3 Å². The van der Waals surface area contributed by atoms with Crippen LogP contribution in [0.3, 0.4) is 0 Å². The van der Waals surface area contributed by atoms with Gasteiger partial charge in [0.2, 0.25) is 0 Å². The second-order valence-corrected chi connectivity index (χ2v) is 6.74. The van der Waals surface area contributed by atoms with Crippen molar-refractivity contribution in [3.63, 3.8) is 0 Å². The Morgan fingerprint density at radius 1 is 1.17 bits per heavy atom. The van der Waals surface area contributed by atoms with E-state index >= 15 is 0 Å². The molecule has 0 fully saturated rings. The first-order chi connectivity index (χ1) is 13.7. The van der Waals surface area contributed by atoms with E-state index < -0.39 is 17.6 Å². The maximum absolute atomic E-state index is 12.8. The summed E-state index contributed by atoms with van der Waals surface area (Å²) in [6, 6.07) is 11.2. The minimum Gasteiger partial charge on any atom is -0.360 e. The molecule has 2 aromatic carbocycles. The molecule has 5 nitrogen and oxygen atoms in total. The largest absolute Gasteiger partial charge is 0.416 e. The average molecular weight is 440 g/mol. The summed E-state index contributed by atoms with van der Waals surface area (Å²) in [5, 5.41) is 9.06. The molecule has 0 aliphatic rings. The van der Waals surface area contributed by atoms with E-state index in [2.05, 4.69) is 15.8 Å².